The van der Waals surface area contributed by atoms with Crippen LogP contribution in [-0.4, -0.2) is 15.9 Å². The molecule has 1 aliphatic heterocycles. The van der Waals surface area contributed by atoms with E-state index in [9.17, 15) is 23.1 Å². The van der Waals surface area contributed by atoms with E-state index in [0.29, 0.717) is 28.0 Å². The molecule has 0 radical (unpaired) electrons. The van der Waals surface area contributed by atoms with Crippen molar-refractivity contribution in [3.63, 3.8) is 0 Å². The molecule has 2 aromatic carbocycles. The first-order valence-electron chi connectivity index (χ1n) is 9.57. The van der Waals surface area contributed by atoms with Gasteiger partial charge >= 0.3 is 6.18 Å². The standard InChI is InChI=1S/C25H22F3NO2/c1-15-7-6-12-29(17(15)3)24(31)23(18(4)30)20-9-5-8-19(14-20)22-11-10-21(13-16(22)2)25(26,27)28/h5-14,30H,3H2,1-2,4H3/b23-18+. The number of allylic oxidation sites excluding steroid dienone is 4. The maximum absolute atomic E-state index is 13.2. The van der Waals surface area contributed by atoms with Gasteiger partial charge in [-0.2, -0.15) is 13.2 Å². The highest BCUT2D eigenvalue weighted by atomic mass is 19.4. The van der Waals surface area contributed by atoms with Crippen molar-refractivity contribution < 1.29 is 23.1 Å². The van der Waals surface area contributed by atoms with Crippen molar-refractivity contribution in [2.24, 2.45) is 0 Å². The van der Waals surface area contributed by atoms with Crippen LogP contribution in [0.5, 0.6) is 0 Å². The number of benzene rings is 2. The quantitative estimate of drug-likeness (QED) is 0.435. The summed E-state index contributed by atoms with van der Waals surface area (Å²) in [6, 6.07) is 10.4. The smallest absolute Gasteiger partial charge is 0.416 e. The van der Waals surface area contributed by atoms with E-state index in [2.05, 4.69) is 6.58 Å². The van der Waals surface area contributed by atoms with E-state index in [-0.39, 0.29) is 11.3 Å². The first-order chi connectivity index (χ1) is 14.5. The third kappa shape index (κ3) is 4.48. The van der Waals surface area contributed by atoms with Gasteiger partial charge in [0, 0.05) is 11.9 Å². The van der Waals surface area contributed by atoms with E-state index in [1.807, 2.05) is 13.0 Å². The average Bonchev–Trinajstić information content (AvgIpc) is 2.69. The summed E-state index contributed by atoms with van der Waals surface area (Å²) in [5.41, 5.74) is 2.85. The molecule has 6 heteroatoms. The van der Waals surface area contributed by atoms with Crippen LogP contribution in [0.15, 0.2) is 84.4 Å². The molecule has 0 spiro atoms. The predicted octanol–water partition coefficient (Wildman–Crippen LogP) is 6.79. The predicted molar refractivity (Wildman–Crippen MR) is 116 cm³/mol. The molecule has 3 rings (SSSR count). The van der Waals surface area contributed by atoms with Crippen LogP contribution < -0.4 is 0 Å². The third-order valence-electron chi connectivity index (χ3n) is 5.14. The summed E-state index contributed by atoms with van der Waals surface area (Å²) >= 11 is 0. The molecule has 2 aromatic rings. The zero-order valence-electron chi connectivity index (χ0n) is 17.4. The Hall–Kier alpha value is -3.54. The Kier molecular flexibility index (Phi) is 5.93. The van der Waals surface area contributed by atoms with Crippen molar-refractivity contribution in [3.05, 3.63) is 101 Å². The Labute approximate surface area is 179 Å². The van der Waals surface area contributed by atoms with Gasteiger partial charge in [0.1, 0.15) is 5.76 Å². The van der Waals surface area contributed by atoms with Crippen molar-refractivity contribution in [2.75, 3.05) is 0 Å². The lowest BCUT2D eigenvalue weighted by Gasteiger charge is -2.25. The van der Waals surface area contributed by atoms with Gasteiger partial charge in [0.05, 0.1) is 11.1 Å². The van der Waals surface area contributed by atoms with Crippen LogP contribution in [0.25, 0.3) is 16.7 Å². The zero-order valence-corrected chi connectivity index (χ0v) is 17.4. The molecular weight excluding hydrogens is 403 g/mol. The lowest BCUT2D eigenvalue weighted by atomic mass is 9.94. The number of halogens is 3. The van der Waals surface area contributed by atoms with Gasteiger partial charge in [-0.3, -0.25) is 9.69 Å². The molecule has 0 atom stereocenters. The minimum Gasteiger partial charge on any atom is -0.512 e. The summed E-state index contributed by atoms with van der Waals surface area (Å²) in [5, 5.41) is 10.3. The van der Waals surface area contributed by atoms with Crippen LogP contribution in [0.2, 0.25) is 0 Å². The number of aliphatic hydroxyl groups is 1. The second-order valence-corrected chi connectivity index (χ2v) is 7.38. The van der Waals surface area contributed by atoms with Gasteiger partial charge in [-0.25, -0.2) is 0 Å². The number of carbonyl (C=O) groups excluding carboxylic acids is 1. The van der Waals surface area contributed by atoms with Crippen molar-refractivity contribution in [1.29, 1.82) is 0 Å². The average molecular weight is 425 g/mol. The monoisotopic (exact) mass is 425 g/mol. The highest BCUT2D eigenvalue weighted by Crippen LogP contribution is 2.34. The normalized spacial score (nSPS) is 15.0. The maximum atomic E-state index is 13.2. The Morgan fingerprint density at radius 1 is 1.10 bits per heavy atom. The van der Waals surface area contributed by atoms with Crippen molar-refractivity contribution in [3.8, 4) is 11.1 Å². The first-order valence-corrected chi connectivity index (χ1v) is 9.57. The zero-order chi connectivity index (χ0) is 22.9. The number of aryl methyl sites for hydroxylation is 1. The Morgan fingerprint density at radius 3 is 2.42 bits per heavy atom. The highest BCUT2D eigenvalue weighted by Gasteiger charge is 2.31. The maximum Gasteiger partial charge on any atom is 0.416 e. The molecule has 0 aliphatic carbocycles. The molecule has 1 N–H and O–H groups in total. The number of rotatable bonds is 3. The van der Waals surface area contributed by atoms with Crippen molar-refractivity contribution in [1.82, 2.24) is 4.90 Å². The number of aliphatic hydroxyl groups excluding tert-OH is 1. The molecule has 0 bridgehead atoms. The summed E-state index contributed by atoms with van der Waals surface area (Å²) in [6.45, 7) is 8.78. The molecule has 0 saturated carbocycles. The molecule has 1 amide bonds. The van der Waals surface area contributed by atoms with Gasteiger partial charge in [-0.05, 0) is 72.9 Å². The van der Waals surface area contributed by atoms with Crippen molar-refractivity contribution >= 4 is 11.5 Å². The van der Waals surface area contributed by atoms with Crippen LogP contribution in [-0.2, 0) is 11.0 Å². The summed E-state index contributed by atoms with van der Waals surface area (Å²) in [6.07, 6.45) is 0.701. The number of carbonyl (C=O) groups is 1. The van der Waals surface area contributed by atoms with Gasteiger partial charge in [0.2, 0.25) is 0 Å². The van der Waals surface area contributed by atoms with E-state index < -0.39 is 17.6 Å². The lowest BCUT2D eigenvalue weighted by Crippen LogP contribution is -2.28. The van der Waals surface area contributed by atoms with E-state index in [0.717, 1.165) is 17.7 Å². The second kappa shape index (κ2) is 8.30. The molecular formula is C25H22F3NO2. The Bertz CT molecular complexity index is 1150. The van der Waals surface area contributed by atoms with Gasteiger partial charge < -0.3 is 5.11 Å². The molecule has 31 heavy (non-hydrogen) atoms. The Balaban J connectivity index is 2.02. The highest BCUT2D eigenvalue weighted by molar-refractivity contribution is 6.21. The minimum atomic E-state index is -4.42. The van der Waals surface area contributed by atoms with Gasteiger partial charge in [-0.15, -0.1) is 0 Å². The molecule has 0 fully saturated rings. The van der Waals surface area contributed by atoms with Gasteiger partial charge in [0.15, 0.2) is 0 Å². The summed E-state index contributed by atoms with van der Waals surface area (Å²) in [7, 11) is 0. The summed E-state index contributed by atoms with van der Waals surface area (Å²) < 4.78 is 39.0. The fourth-order valence-corrected chi connectivity index (χ4v) is 3.45. The Morgan fingerprint density at radius 2 is 1.81 bits per heavy atom. The van der Waals surface area contributed by atoms with Crippen LogP contribution >= 0.6 is 0 Å². The van der Waals surface area contributed by atoms with E-state index in [1.165, 1.54) is 17.9 Å². The van der Waals surface area contributed by atoms with E-state index in [1.54, 1.807) is 43.5 Å². The lowest BCUT2D eigenvalue weighted by molar-refractivity contribution is -0.137. The molecule has 1 aliphatic rings. The number of hydrogen-bond acceptors (Lipinski definition) is 2. The fraction of sp³-hybridized carbons (Fsp3) is 0.160. The number of amides is 1. The number of hydrogen-bond donors (Lipinski definition) is 1. The molecule has 0 aromatic heterocycles. The van der Waals surface area contributed by atoms with Gasteiger partial charge in [-0.1, -0.05) is 36.9 Å². The molecule has 160 valence electrons. The molecule has 1 heterocycles. The first kappa shape index (κ1) is 22.2. The number of alkyl halides is 3. The van der Waals surface area contributed by atoms with Crippen LogP contribution in [0.3, 0.4) is 0 Å². The molecule has 3 nitrogen and oxygen atoms in total. The second-order valence-electron chi connectivity index (χ2n) is 7.38. The van der Waals surface area contributed by atoms with Crippen LogP contribution in [0.1, 0.15) is 30.5 Å². The largest absolute Gasteiger partial charge is 0.512 e. The summed E-state index contributed by atoms with van der Waals surface area (Å²) in [5.74, 6) is -0.616. The van der Waals surface area contributed by atoms with Crippen LogP contribution in [0.4, 0.5) is 13.2 Å². The van der Waals surface area contributed by atoms with E-state index in [4.69, 9.17) is 0 Å². The summed E-state index contributed by atoms with van der Waals surface area (Å²) in [4.78, 5) is 14.6. The molecule has 0 unspecified atom stereocenters. The SMILES string of the molecule is C=C1C(C)=CC=CN1C(=O)/C(=C(\C)O)c1cccc(-c2ccc(C(F)(F)F)cc2C)c1. The van der Waals surface area contributed by atoms with E-state index >= 15 is 0 Å². The fourth-order valence-electron chi connectivity index (χ4n) is 3.45. The van der Waals surface area contributed by atoms with Gasteiger partial charge in [0.25, 0.3) is 5.91 Å². The number of nitrogens with zero attached hydrogens (tertiary/aromatic N) is 1. The topological polar surface area (TPSA) is 40.5 Å². The van der Waals surface area contributed by atoms with Crippen molar-refractivity contribution in [2.45, 2.75) is 26.9 Å². The molecule has 0 saturated heterocycles. The van der Waals surface area contributed by atoms with Crippen LogP contribution in [0, 0.1) is 6.92 Å². The third-order valence-corrected chi connectivity index (χ3v) is 5.14. The minimum absolute atomic E-state index is 0.0897.